The van der Waals surface area contributed by atoms with E-state index in [4.69, 9.17) is 0 Å². The number of rotatable bonds is 5. The summed E-state index contributed by atoms with van der Waals surface area (Å²) < 4.78 is 0. The molecule has 146 valence electrons. The molecule has 0 fully saturated rings. The van der Waals surface area contributed by atoms with E-state index in [-0.39, 0.29) is 24.3 Å². The largest absolute Gasteiger partial charge is 0.370 e. The summed E-state index contributed by atoms with van der Waals surface area (Å²) >= 11 is 0. The number of hydrogen-bond acceptors (Lipinski definition) is 4. The molecule has 28 heavy (non-hydrogen) atoms. The average Bonchev–Trinajstić information content (AvgIpc) is 2.78. The van der Waals surface area contributed by atoms with Gasteiger partial charge in [0.25, 0.3) is 5.91 Å². The highest BCUT2D eigenvalue weighted by atomic mass is 16.2. The third kappa shape index (κ3) is 4.14. The minimum absolute atomic E-state index is 0.161. The number of para-hydroxylation sites is 3. The fourth-order valence-electron chi connectivity index (χ4n) is 3.01. The number of hydrogen-bond donors (Lipinski definition) is 3. The van der Waals surface area contributed by atoms with Crippen molar-refractivity contribution < 1.29 is 14.4 Å². The van der Waals surface area contributed by atoms with Gasteiger partial charge in [-0.2, -0.15) is 0 Å². The third-order valence-electron chi connectivity index (χ3n) is 4.77. The van der Waals surface area contributed by atoms with E-state index in [1.807, 2.05) is 36.2 Å². The van der Waals surface area contributed by atoms with E-state index in [0.717, 1.165) is 5.69 Å². The molecule has 7 heteroatoms. The lowest BCUT2D eigenvalue weighted by Gasteiger charge is -2.26. The maximum Gasteiger partial charge on any atom is 0.254 e. The van der Waals surface area contributed by atoms with Crippen LogP contribution in [0.1, 0.15) is 30.6 Å². The summed E-state index contributed by atoms with van der Waals surface area (Å²) in [7, 11) is 1.95. The molecule has 0 bridgehead atoms. The van der Waals surface area contributed by atoms with Crippen LogP contribution in [0.3, 0.4) is 0 Å². The highest BCUT2D eigenvalue weighted by Gasteiger charge is 2.29. The monoisotopic (exact) mass is 380 g/mol. The van der Waals surface area contributed by atoms with Gasteiger partial charge in [-0.25, -0.2) is 0 Å². The Morgan fingerprint density at radius 1 is 1.11 bits per heavy atom. The Morgan fingerprint density at radius 3 is 2.54 bits per heavy atom. The van der Waals surface area contributed by atoms with Crippen LogP contribution in [0, 0.1) is 0 Å². The molecule has 1 aliphatic rings. The van der Waals surface area contributed by atoms with Crippen LogP contribution in [-0.4, -0.2) is 36.9 Å². The Hall–Kier alpha value is -3.35. The number of fused-ring (bicyclic) bond motifs is 1. The van der Waals surface area contributed by atoms with Crippen molar-refractivity contribution in [2.24, 2.45) is 0 Å². The molecule has 0 aromatic heterocycles. The van der Waals surface area contributed by atoms with Crippen molar-refractivity contribution in [1.29, 1.82) is 0 Å². The van der Waals surface area contributed by atoms with E-state index < -0.39 is 11.9 Å². The molecule has 0 radical (unpaired) electrons. The first kappa shape index (κ1) is 19.4. The van der Waals surface area contributed by atoms with Crippen molar-refractivity contribution in [3.8, 4) is 0 Å². The summed E-state index contributed by atoms with van der Waals surface area (Å²) in [5.41, 5.74) is 2.36. The standard InChI is InChI=1S/C21H24N4O3/c1-13(2)25(3)18-11-7-6-10-16(18)22-19(26)12-17-21(28)23-15-9-5-4-8-14(15)20(27)24-17/h4-11,13,17H,12H2,1-3H3,(H,22,26)(H,23,28)(H,24,27)/t17-/m0/s1. The molecule has 0 saturated carbocycles. The molecule has 0 spiro atoms. The van der Waals surface area contributed by atoms with Crippen molar-refractivity contribution in [3.05, 3.63) is 54.1 Å². The van der Waals surface area contributed by atoms with Gasteiger partial charge in [-0.15, -0.1) is 0 Å². The maximum atomic E-state index is 12.6. The molecule has 0 unspecified atom stereocenters. The predicted octanol–water partition coefficient (Wildman–Crippen LogP) is 2.61. The second-order valence-electron chi connectivity index (χ2n) is 7.03. The number of amides is 3. The van der Waals surface area contributed by atoms with Gasteiger partial charge >= 0.3 is 0 Å². The molecule has 7 nitrogen and oxygen atoms in total. The normalized spacial score (nSPS) is 15.9. The Bertz CT molecular complexity index is 910. The highest BCUT2D eigenvalue weighted by molar-refractivity contribution is 6.11. The van der Waals surface area contributed by atoms with Crippen LogP contribution >= 0.6 is 0 Å². The SMILES string of the molecule is CC(C)N(C)c1ccccc1NC(=O)C[C@@H]1NC(=O)c2ccccc2NC1=O. The molecule has 3 N–H and O–H groups in total. The average molecular weight is 380 g/mol. The third-order valence-corrected chi connectivity index (χ3v) is 4.77. The lowest BCUT2D eigenvalue weighted by atomic mass is 10.1. The van der Waals surface area contributed by atoms with E-state index >= 15 is 0 Å². The van der Waals surface area contributed by atoms with Crippen LogP contribution in [-0.2, 0) is 9.59 Å². The van der Waals surface area contributed by atoms with E-state index in [9.17, 15) is 14.4 Å². The lowest BCUT2D eigenvalue weighted by Crippen LogP contribution is -2.43. The molecule has 1 heterocycles. The number of carbonyl (C=O) groups is 3. The molecular formula is C21H24N4O3. The Labute approximate surface area is 164 Å². The second kappa shape index (κ2) is 8.12. The molecule has 3 rings (SSSR count). The van der Waals surface area contributed by atoms with Crippen LogP contribution in [0.2, 0.25) is 0 Å². The van der Waals surface area contributed by atoms with Crippen LogP contribution in [0.25, 0.3) is 0 Å². The molecule has 3 amide bonds. The van der Waals surface area contributed by atoms with Crippen LogP contribution in [0.4, 0.5) is 17.1 Å². The molecular weight excluding hydrogens is 356 g/mol. The van der Waals surface area contributed by atoms with Gasteiger partial charge in [0, 0.05) is 13.1 Å². The molecule has 2 aromatic carbocycles. The van der Waals surface area contributed by atoms with Gasteiger partial charge < -0.3 is 20.9 Å². The first-order chi connectivity index (χ1) is 13.4. The van der Waals surface area contributed by atoms with Crippen molar-refractivity contribution in [2.45, 2.75) is 32.4 Å². The molecule has 0 aliphatic carbocycles. The van der Waals surface area contributed by atoms with Gasteiger partial charge in [0.15, 0.2) is 0 Å². The zero-order valence-electron chi connectivity index (χ0n) is 16.2. The number of benzene rings is 2. The van der Waals surface area contributed by atoms with Gasteiger partial charge in [0.1, 0.15) is 6.04 Å². The van der Waals surface area contributed by atoms with Crippen molar-refractivity contribution in [3.63, 3.8) is 0 Å². The molecule has 1 aliphatic heterocycles. The lowest BCUT2D eigenvalue weighted by molar-refractivity contribution is -0.122. The van der Waals surface area contributed by atoms with Gasteiger partial charge in [-0.05, 0) is 38.1 Å². The van der Waals surface area contributed by atoms with Crippen LogP contribution in [0.15, 0.2) is 48.5 Å². The minimum Gasteiger partial charge on any atom is -0.370 e. The topological polar surface area (TPSA) is 90.5 Å². The summed E-state index contributed by atoms with van der Waals surface area (Å²) in [4.78, 5) is 39.5. The van der Waals surface area contributed by atoms with Crippen LogP contribution < -0.4 is 20.9 Å². The Morgan fingerprint density at radius 2 is 1.79 bits per heavy atom. The number of carbonyl (C=O) groups excluding carboxylic acids is 3. The highest BCUT2D eigenvalue weighted by Crippen LogP contribution is 2.26. The summed E-state index contributed by atoms with van der Waals surface area (Å²) in [5, 5.41) is 8.20. The number of nitrogens with zero attached hydrogens (tertiary/aromatic N) is 1. The zero-order chi connectivity index (χ0) is 20.3. The van der Waals surface area contributed by atoms with Crippen LogP contribution in [0.5, 0.6) is 0 Å². The fraction of sp³-hybridized carbons (Fsp3) is 0.286. The van der Waals surface area contributed by atoms with Crippen molar-refractivity contribution >= 4 is 34.8 Å². The van der Waals surface area contributed by atoms with Gasteiger partial charge in [-0.3, -0.25) is 14.4 Å². The predicted molar refractivity (Wildman–Crippen MR) is 110 cm³/mol. The van der Waals surface area contributed by atoms with E-state index in [0.29, 0.717) is 16.9 Å². The van der Waals surface area contributed by atoms with Gasteiger partial charge in [-0.1, -0.05) is 24.3 Å². The first-order valence-electron chi connectivity index (χ1n) is 9.19. The van der Waals surface area contributed by atoms with E-state index in [1.165, 1.54) is 0 Å². The smallest absolute Gasteiger partial charge is 0.254 e. The van der Waals surface area contributed by atoms with E-state index in [2.05, 4.69) is 29.8 Å². The maximum absolute atomic E-state index is 12.6. The zero-order valence-corrected chi connectivity index (χ0v) is 16.2. The summed E-state index contributed by atoms with van der Waals surface area (Å²) in [5.74, 6) is -1.15. The molecule has 1 atom stereocenters. The number of anilines is 3. The molecule has 2 aromatic rings. The second-order valence-corrected chi connectivity index (χ2v) is 7.03. The summed E-state index contributed by atoms with van der Waals surface area (Å²) in [6.45, 7) is 4.11. The Kier molecular flexibility index (Phi) is 5.63. The van der Waals surface area contributed by atoms with Crippen molar-refractivity contribution in [2.75, 3.05) is 22.6 Å². The quantitative estimate of drug-likeness (QED) is 0.744. The fourth-order valence-corrected chi connectivity index (χ4v) is 3.01. The molecule has 0 saturated heterocycles. The summed E-state index contributed by atoms with van der Waals surface area (Å²) in [6, 6.07) is 13.5. The van der Waals surface area contributed by atoms with Gasteiger partial charge in [0.2, 0.25) is 11.8 Å². The van der Waals surface area contributed by atoms with E-state index in [1.54, 1.807) is 24.3 Å². The minimum atomic E-state index is -0.949. The Balaban J connectivity index is 1.73. The van der Waals surface area contributed by atoms with Gasteiger partial charge in [0.05, 0.1) is 29.0 Å². The van der Waals surface area contributed by atoms with Crippen molar-refractivity contribution in [1.82, 2.24) is 5.32 Å². The first-order valence-corrected chi connectivity index (χ1v) is 9.19. The summed E-state index contributed by atoms with van der Waals surface area (Å²) in [6.07, 6.45) is -0.161. The number of nitrogens with one attached hydrogen (secondary N) is 3.